The Hall–Kier alpha value is -1.72. The second-order valence-corrected chi connectivity index (χ2v) is 6.96. The van der Waals surface area contributed by atoms with E-state index in [4.69, 9.17) is 0 Å². The van der Waals surface area contributed by atoms with Crippen LogP contribution in [0.25, 0.3) is 0 Å². The number of carbonyl (C=O) groups is 1. The zero-order chi connectivity index (χ0) is 17.2. The number of hydrogen-bond acceptors (Lipinski definition) is 2. The average molecular weight is 341 g/mol. The van der Waals surface area contributed by atoms with Crippen molar-refractivity contribution in [3.05, 3.63) is 29.8 Å². The molecule has 0 saturated heterocycles. The van der Waals surface area contributed by atoms with Gasteiger partial charge < -0.3 is 10.1 Å². The van der Waals surface area contributed by atoms with Gasteiger partial charge in [0, 0.05) is 13.0 Å². The van der Waals surface area contributed by atoms with E-state index >= 15 is 0 Å². The predicted molar refractivity (Wildman–Crippen MR) is 83.4 cm³/mol. The van der Waals surface area contributed by atoms with Crippen molar-refractivity contribution in [3.8, 4) is 5.75 Å². The summed E-state index contributed by atoms with van der Waals surface area (Å²) >= 11 is 0. The SMILES string of the molecule is O=C(CC1CC2CCC1C2)NCc1ccc(OCC(F)(F)F)cc1. The van der Waals surface area contributed by atoms with E-state index in [-0.39, 0.29) is 11.7 Å². The number of fused-ring (bicyclic) bond motifs is 2. The van der Waals surface area contributed by atoms with Crippen LogP contribution >= 0.6 is 0 Å². The number of ether oxygens (including phenoxy) is 1. The molecule has 2 fully saturated rings. The van der Waals surface area contributed by atoms with Gasteiger partial charge in [-0.25, -0.2) is 0 Å². The predicted octanol–water partition coefficient (Wildman–Crippen LogP) is 4.07. The fraction of sp³-hybridized carbons (Fsp3) is 0.611. The number of carbonyl (C=O) groups excluding carboxylic acids is 1. The summed E-state index contributed by atoms with van der Waals surface area (Å²) in [5.41, 5.74) is 0.843. The fourth-order valence-corrected chi connectivity index (χ4v) is 4.01. The van der Waals surface area contributed by atoms with E-state index < -0.39 is 12.8 Å². The Morgan fingerprint density at radius 1 is 1.17 bits per heavy atom. The Kier molecular flexibility index (Phi) is 5.01. The Labute approximate surface area is 139 Å². The van der Waals surface area contributed by atoms with Crippen molar-refractivity contribution in [2.24, 2.45) is 17.8 Å². The lowest BCUT2D eigenvalue weighted by Gasteiger charge is -2.20. The minimum Gasteiger partial charge on any atom is -0.484 e. The number of halogens is 3. The van der Waals surface area contributed by atoms with Gasteiger partial charge in [-0.2, -0.15) is 13.2 Å². The first kappa shape index (κ1) is 17.1. The number of alkyl halides is 3. The Morgan fingerprint density at radius 2 is 1.92 bits per heavy atom. The van der Waals surface area contributed by atoms with Gasteiger partial charge in [0.1, 0.15) is 5.75 Å². The molecule has 0 spiro atoms. The summed E-state index contributed by atoms with van der Waals surface area (Å²) < 4.78 is 40.9. The molecule has 3 rings (SSSR count). The third-order valence-corrected chi connectivity index (χ3v) is 5.15. The van der Waals surface area contributed by atoms with E-state index in [0.29, 0.717) is 18.9 Å². The van der Waals surface area contributed by atoms with Crippen molar-refractivity contribution in [2.45, 2.75) is 44.8 Å². The first-order chi connectivity index (χ1) is 11.4. The molecule has 2 saturated carbocycles. The number of nitrogens with one attached hydrogen (secondary N) is 1. The molecule has 0 radical (unpaired) electrons. The Bertz CT molecular complexity index is 571. The molecule has 24 heavy (non-hydrogen) atoms. The Morgan fingerprint density at radius 3 is 2.50 bits per heavy atom. The van der Waals surface area contributed by atoms with Gasteiger partial charge in [0.15, 0.2) is 6.61 Å². The van der Waals surface area contributed by atoms with Gasteiger partial charge in [-0.05, 0) is 54.7 Å². The minimum atomic E-state index is -4.34. The zero-order valence-corrected chi connectivity index (χ0v) is 13.4. The van der Waals surface area contributed by atoms with Gasteiger partial charge in [-0.3, -0.25) is 4.79 Å². The molecule has 0 aromatic heterocycles. The molecule has 3 atom stereocenters. The molecular weight excluding hydrogens is 319 g/mol. The highest BCUT2D eigenvalue weighted by Gasteiger charge is 2.40. The molecular formula is C18H22F3NO2. The van der Waals surface area contributed by atoms with Crippen LogP contribution < -0.4 is 10.1 Å². The van der Waals surface area contributed by atoms with Gasteiger partial charge in [-0.15, -0.1) is 0 Å². The Balaban J connectivity index is 1.40. The van der Waals surface area contributed by atoms with Crippen molar-refractivity contribution in [1.82, 2.24) is 5.32 Å². The smallest absolute Gasteiger partial charge is 0.422 e. The fourth-order valence-electron chi connectivity index (χ4n) is 4.01. The summed E-state index contributed by atoms with van der Waals surface area (Å²) in [5.74, 6) is 2.32. The lowest BCUT2D eigenvalue weighted by atomic mass is 9.86. The van der Waals surface area contributed by atoms with Crippen molar-refractivity contribution < 1.29 is 22.7 Å². The number of rotatable bonds is 6. The van der Waals surface area contributed by atoms with Crippen molar-refractivity contribution in [1.29, 1.82) is 0 Å². The molecule has 3 unspecified atom stereocenters. The highest BCUT2D eigenvalue weighted by molar-refractivity contribution is 5.76. The number of hydrogen-bond donors (Lipinski definition) is 1. The second kappa shape index (κ2) is 7.03. The minimum absolute atomic E-state index is 0.0601. The summed E-state index contributed by atoms with van der Waals surface area (Å²) in [5, 5.41) is 2.90. The zero-order valence-electron chi connectivity index (χ0n) is 13.4. The van der Waals surface area contributed by atoms with Crippen LogP contribution in [0.1, 0.15) is 37.7 Å². The standard InChI is InChI=1S/C18H22F3NO2/c19-18(20,21)11-24-16-5-2-12(3-6-16)10-22-17(23)9-15-8-13-1-4-14(15)7-13/h2-3,5-6,13-15H,1,4,7-11H2,(H,22,23). The van der Waals surface area contributed by atoms with E-state index in [1.54, 1.807) is 12.1 Å². The lowest BCUT2D eigenvalue weighted by molar-refractivity contribution is -0.153. The maximum atomic E-state index is 12.1. The third-order valence-electron chi connectivity index (χ3n) is 5.15. The van der Waals surface area contributed by atoms with E-state index in [2.05, 4.69) is 10.1 Å². The molecule has 6 heteroatoms. The van der Waals surface area contributed by atoms with Crippen LogP contribution in [-0.2, 0) is 11.3 Å². The van der Waals surface area contributed by atoms with E-state index in [0.717, 1.165) is 17.4 Å². The quantitative estimate of drug-likeness (QED) is 0.847. The lowest BCUT2D eigenvalue weighted by Crippen LogP contribution is -2.26. The van der Waals surface area contributed by atoms with E-state index in [9.17, 15) is 18.0 Å². The highest BCUT2D eigenvalue weighted by atomic mass is 19.4. The largest absolute Gasteiger partial charge is 0.484 e. The van der Waals surface area contributed by atoms with Gasteiger partial charge >= 0.3 is 6.18 Å². The van der Waals surface area contributed by atoms with Gasteiger partial charge in [0.05, 0.1) is 0 Å². The monoisotopic (exact) mass is 341 g/mol. The molecule has 0 heterocycles. The van der Waals surface area contributed by atoms with Gasteiger partial charge in [-0.1, -0.05) is 18.6 Å². The molecule has 132 valence electrons. The van der Waals surface area contributed by atoms with Crippen molar-refractivity contribution >= 4 is 5.91 Å². The van der Waals surface area contributed by atoms with Crippen LogP contribution in [0, 0.1) is 17.8 Å². The average Bonchev–Trinajstić information content (AvgIpc) is 3.14. The molecule has 2 aliphatic carbocycles. The van der Waals surface area contributed by atoms with E-state index in [1.165, 1.54) is 37.8 Å². The van der Waals surface area contributed by atoms with E-state index in [1.807, 2.05) is 0 Å². The van der Waals surface area contributed by atoms with Crippen molar-refractivity contribution in [3.63, 3.8) is 0 Å². The van der Waals surface area contributed by atoms with Crippen molar-refractivity contribution in [2.75, 3.05) is 6.61 Å². The molecule has 2 aliphatic rings. The second-order valence-electron chi connectivity index (χ2n) is 6.96. The van der Waals surface area contributed by atoms with Crippen LogP contribution in [0.5, 0.6) is 5.75 Å². The van der Waals surface area contributed by atoms with Crippen LogP contribution in [0.2, 0.25) is 0 Å². The van der Waals surface area contributed by atoms with Crippen LogP contribution in [-0.4, -0.2) is 18.7 Å². The van der Waals surface area contributed by atoms with Crippen LogP contribution in [0.15, 0.2) is 24.3 Å². The van der Waals surface area contributed by atoms with Gasteiger partial charge in [0.2, 0.25) is 5.91 Å². The number of amides is 1. The maximum Gasteiger partial charge on any atom is 0.422 e. The summed E-state index contributed by atoms with van der Waals surface area (Å²) in [6, 6.07) is 6.32. The molecule has 1 aromatic carbocycles. The molecule has 1 N–H and O–H groups in total. The third kappa shape index (κ3) is 4.65. The summed E-state index contributed by atoms with van der Waals surface area (Å²) in [4.78, 5) is 12.1. The molecule has 0 aliphatic heterocycles. The first-order valence-corrected chi connectivity index (χ1v) is 8.44. The highest BCUT2D eigenvalue weighted by Crippen LogP contribution is 2.49. The summed E-state index contributed by atoms with van der Waals surface area (Å²) in [6.45, 7) is -0.911. The maximum absolute atomic E-state index is 12.1. The van der Waals surface area contributed by atoms with Crippen LogP contribution in [0.3, 0.4) is 0 Å². The summed E-state index contributed by atoms with van der Waals surface area (Å²) in [7, 11) is 0. The van der Waals surface area contributed by atoms with Gasteiger partial charge in [0.25, 0.3) is 0 Å². The number of benzene rings is 1. The molecule has 1 aromatic rings. The van der Waals surface area contributed by atoms with Crippen LogP contribution in [0.4, 0.5) is 13.2 Å². The molecule has 2 bridgehead atoms. The summed E-state index contributed by atoms with van der Waals surface area (Å²) in [6.07, 6.45) is 1.31. The molecule has 3 nitrogen and oxygen atoms in total. The molecule has 1 amide bonds. The first-order valence-electron chi connectivity index (χ1n) is 8.44. The topological polar surface area (TPSA) is 38.3 Å². The normalized spacial score (nSPS) is 25.7.